The van der Waals surface area contributed by atoms with Crippen molar-refractivity contribution >= 4 is 17.6 Å². The first-order valence-corrected chi connectivity index (χ1v) is 9.53. The number of carbonyl (C=O) groups excluding carboxylic acids is 2. The predicted molar refractivity (Wildman–Crippen MR) is 104 cm³/mol. The summed E-state index contributed by atoms with van der Waals surface area (Å²) in [4.78, 5) is 24.3. The average Bonchev–Trinajstić information content (AvgIpc) is 2.66. The molecule has 1 aromatic carbocycles. The molecule has 3 amide bonds. The minimum Gasteiger partial charge on any atom is -0.497 e. The number of hydrogen-bond acceptors (Lipinski definition) is 5. The van der Waals surface area contributed by atoms with Crippen molar-refractivity contribution in [1.82, 2.24) is 10.6 Å². The molecule has 1 aliphatic carbocycles. The van der Waals surface area contributed by atoms with Crippen LogP contribution in [0.2, 0.25) is 0 Å². The smallest absolute Gasteiger partial charge is 0.319 e. The molecule has 1 heterocycles. The molecule has 1 aliphatic heterocycles. The lowest BCUT2D eigenvalue weighted by Crippen LogP contribution is -2.50. The second-order valence-electron chi connectivity index (χ2n) is 7.03. The number of nitrogens with one attached hydrogen (secondary N) is 3. The van der Waals surface area contributed by atoms with Gasteiger partial charge >= 0.3 is 6.03 Å². The maximum atomic E-state index is 12.2. The van der Waals surface area contributed by atoms with E-state index in [0.29, 0.717) is 11.4 Å². The molecular formula is C20H27N3O5. The van der Waals surface area contributed by atoms with E-state index in [0.717, 1.165) is 19.3 Å². The van der Waals surface area contributed by atoms with Gasteiger partial charge < -0.3 is 30.5 Å². The molecule has 152 valence electrons. The lowest BCUT2D eigenvalue weighted by atomic mass is 9.93. The summed E-state index contributed by atoms with van der Waals surface area (Å²) in [6.07, 6.45) is 5.90. The fourth-order valence-corrected chi connectivity index (χ4v) is 3.15. The van der Waals surface area contributed by atoms with Crippen LogP contribution in [-0.4, -0.2) is 55.1 Å². The first-order valence-electron chi connectivity index (χ1n) is 9.53. The minimum atomic E-state index is -0.617. The van der Waals surface area contributed by atoms with Gasteiger partial charge in [0.15, 0.2) is 0 Å². The van der Waals surface area contributed by atoms with Crippen molar-refractivity contribution in [2.75, 3.05) is 19.0 Å². The van der Waals surface area contributed by atoms with Gasteiger partial charge in [-0.15, -0.1) is 0 Å². The molecule has 2 aliphatic rings. The van der Waals surface area contributed by atoms with Crippen LogP contribution in [0, 0.1) is 0 Å². The molecule has 8 heteroatoms. The Bertz CT molecular complexity index is 702. The molecule has 0 saturated heterocycles. The summed E-state index contributed by atoms with van der Waals surface area (Å²) < 4.78 is 10.9. The van der Waals surface area contributed by atoms with E-state index < -0.39 is 24.3 Å². The van der Waals surface area contributed by atoms with E-state index in [9.17, 15) is 14.7 Å². The van der Waals surface area contributed by atoms with Crippen molar-refractivity contribution in [2.24, 2.45) is 0 Å². The highest BCUT2D eigenvalue weighted by molar-refractivity contribution is 5.89. The van der Waals surface area contributed by atoms with Gasteiger partial charge in [-0.3, -0.25) is 4.79 Å². The number of hydrogen-bond donors (Lipinski definition) is 4. The number of aliphatic hydroxyl groups excluding tert-OH is 1. The lowest BCUT2D eigenvalue weighted by Gasteiger charge is -2.32. The Balaban J connectivity index is 1.49. The van der Waals surface area contributed by atoms with E-state index in [1.807, 2.05) is 0 Å². The zero-order chi connectivity index (χ0) is 19.9. The lowest BCUT2D eigenvalue weighted by molar-refractivity contribution is -0.126. The van der Waals surface area contributed by atoms with Crippen LogP contribution >= 0.6 is 0 Å². The normalized spacial score (nSPS) is 24.1. The van der Waals surface area contributed by atoms with Gasteiger partial charge in [0.2, 0.25) is 5.91 Å². The number of rotatable bonds is 7. The summed E-state index contributed by atoms with van der Waals surface area (Å²) in [7, 11) is 1.57. The van der Waals surface area contributed by atoms with Gasteiger partial charge in [-0.2, -0.15) is 0 Å². The van der Waals surface area contributed by atoms with E-state index in [1.165, 1.54) is 0 Å². The van der Waals surface area contributed by atoms with Gasteiger partial charge in [0.05, 0.1) is 32.3 Å². The number of amides is 3. The molecule has 4 N–H and O–H groups in total. The SMILES string of the molecule is COc1ccc(NC(=O)N[C@@H]2C=C[C@H](CC(=O)NC3CCC3)O[C@@H]2CO)cc1. The number of aliphatic hydroxyl groups is 1. The second-order valence-corrected chi connectivity index (χ2v) is 7.03. The van der Waals surface area contributed by atoms with Gasteiger partial charge in [-0.1, -0.05) is 12.2 Å². The van der Waals surface area contributed by atoms with Crippen LogP contribution < -0.4 is 20.7 Å². The maximum absolute atomic E-state index is 12.2. The van der Waals surface area contributed by atoms with E-state index in [1.54, 1.807) is 43.5 Å². The van der Waals surface area contributed by atoms with Gasteiger partial charge in [0.25, 0.3) is 0 Å². The number of ether oxygens (including phenoxy) is 2. The number of carbonyl (C=O) groups is 2. The predicted octanol–water partition coefficient (Wildman–Crippen LogP) is 1.56. The van der Waals surface area contributed by atoms with Gasteiger partial charge in [0, 0.05) is 11.7 Å². The largest absolute Gasteiger partial charge is 0.497 e. The van der Waals surface area contributed by atoms with E-state index >= 15 is 0 Å². The molecular weight excluding hydrogens is 362 g/mol. The van der Waals surface area contributed by atoms with E-state index in [2.05, 4.69) is 16.0 Å². The monoisotopic (exact) mass is 389 g/mol. The van der Waals surface area contributed by atoms with Gasteiger partial charge in [-0.05, 0) is 43.5 Å². The molecule has 0 aromatic heterocycles. The molecule has 0 radical (unpaired) electrons. The van der Waals surface area contributed by atoms with Crippen molar-refractivity contribution in [3.05, 3.63) is 36.4 Å². The maximum Gasteiger partial charge on any atom is 0.319 e. The van der Waals surface area contributed by atoms with Crippen LogP contribution in [0.15, 0.2) is 36.4 Å². The number of anilines is 1. The third-order valence-corrected chi connectivity index (χ3v) is 4.97. The van der Waals surface area contributed by atoms with E-state index in [-0.39, 0.29) is 25.0 Å². The van der Waals surface area contributed by atoms with Crippen molar-refractivity contribution in [3.63, 3.8) is 0 Å². The van der Waals surface area contributed by atoms with Gasteiger partial charge in [0.1, 0.15) is 11.9 Å². The van der Waals surface area contributed by atoms with Crippen molar-refractivity contribution < 1.29 is 24.2 Å². The summed E-state index contributed by atoms with van der Waals surface area (Å²) in [6.45, 7) is -0.265. The fraction of sp³-hybridized carbons (Fsp3) is 0.500. The van der Waals surface area contributed by atoms with Crippen LogP contribution in [0.5, 0.6) is 5.75 Å². The Morgan fingerprint density at radius 1 is 1.18 bits per heavy atom. The van der Waals surface area contributed by atoms with Crippen molar-refractivity contribution in [3.8, 4) is 5.75 Å². The molecule has 1 fully saturated rings. The van der Waals surface area contributed by atoms with Crippen molar-refractivity contribution in [2.45, 2.75) is 50.0 Å². The van der Waals surface area contributed by atoms with Crippen LogP contribution in [-0.2, 0) is 9.53 Å². The zero-order valence-electron chi connectivity index (χ0n) is 15.9. The number of benzene rings is 1. The fourth-order valence-electron chi connectivity index (χ4n) is 3.15. The third kappa shape index (κ3) is 5.46. The summed E-state index contributed by atoms with van der Waals surface area (Å²) in [5.41, 5.74) is 0.616. The number of methoxy groups -OCH3 is 1. The molecule has 0 spiro atoms. The van der Waals surface area contributed by atoms with Crippen LogP contribution in [0.25, 0.3) is 0 Å². The Morgan fingerprint density at radius 3 is 2.54 bits per heavy atom. The van der Waals surface area contributed by atoms with Gasteiger partial charge in [-0.25, -0.2) is 4.79 Å². The van der Waals surface area contributed by atoms with Crippen LogP contribution in [0.4, 0.5) is 10.5 Å². The Kier molecular flexibility index (Phi) is 6.89. The highest BCUT2D eigenvalue weighted by Crippen LogP contribution is 2.20. The topological polar surface area (TPSA) is 109 Å². The minimum absolute atomic E-state index is 0.0558. The average molecular weight is 389 g/mol. The second kappa shape index (κ2) is 9.57. The standard InChI is InChI=1S/C20H27N3O5/c1-27-15-7-5-14(6-8-15)22-20(26)23-17-10-9-16(28-18(17)12-24)11-19(25)21-13-3-2-4-13/h5-10,13,16-18,24H,2-4,11-12H2,1H3,(H,21,25)(H2,22,23,26)/t16-,17-,18-/m1/s1. The molecule has 1 aromatic rings. The Labute approximate surface area is 164 Å². The summed E-state index contributed by atoms with van der Waals surface area (Å²) >= 11 is 0. The Hall–Kier alpha value is -2.58. The Morgan fingerprint density at radius 2 is 1.93 bits per heavy atom. The molecule has 3 rings (SSSR count). The molecule has 0 unspecified atom stereocenters. The zero-order valence-corrected chi connectivity index (χ0v) is 15.9. The first kappa shape index (κ1) is 20.2. The number of urea groups is 1. The molecule has 28 heavy (non-hydrogen) atoms. The summed E-state index contributed by atoms with van der Waals surface area (Å²) in [5, 5.41) is 18.1. The highest BCUT2D eigenvalue weighted by Gasteiger charge is 2.30. The summed E-state index contributed by atoms with van der Waals surface area (Å²) in [5.74, 6) is 0.641. The molecule has 3 atom stereocenters. The first-order chi connectivity index (χ1) is 13.6. The molecule has 8 nitrogen and oxygen atoms in total. The van der Waals surface area contributed by atoms with Crippen LogP contribution in [0.1, 0.15) is 25.7 Å². The van der Waals surface area contributed by atoms with Crippen molar-refractivity contribution in [1.29, 1.82) is 0 Å². The third-order valence-electron chi connectivity index (χ3n) is 4.97. The van der Waals surface area contributed by atoms with E-state index in [4.69, 9.17) is 9.47 Å². The molecule has 1 saturated carbocycles. The van der Waals surface area contributed by atoms with Crippen LogP contribution in [0.3, 0.4) is 0 Å². The highest BCUT2D eigenvalue weighted by atomic mass is 16.5. The molecule has 0 bridgehead atoms. The quantitative estimate of drug-likeness (QED) is 0.529. The summed E-state index contributed by atoms with van der Waals surface area (Å²) in [6, 6.07) is 6.32.